The molecule has 0 radical (unpaired) electrons. The lowest BCUT2D eigenvalue weighted by Crippen LogP contribution is -2.33. The zero-order chi connectivity index (χ0) is 14.9. The monoisotopic (exact) mass is 273 g/mol. The first-order chi connectivity index (χ1) is 9.45. The lowest BCUT2D eigenvalue weighted by Gasteiger charge is -2.17. The molecule has 0 atom stereocenters. The molecule has 0 saturated carbocycles. The number of nitrogens with zero attached hydrogens (tertiary/aromatic N) is 1. The Morgan fingerprint density at radius 3 is 2.45 bits per heavy atom. The molecule has 20 heavy (non-hydrogen) atoms. The molecule has 0 bridgehead atoms. The van der Waals surface area contributed by atoms with E-state index in [9.17, 15) is 9.59 Å². The molecule has 1 aliphatic heterocycles. The van der Waals surface area contributed by atoms with Crippen molar-refractivity contribution in [2.24, 2.45) is 0 Å². The van der Waals surface area contributed by atoms with E-state index in [-0.39, 0.29) is 6.79 Å². The molecular formula is C15H15NO4. The van der Waals surface area contributed by atoms with Gasteiger partial charge in [-0.3, -0.25) is 14.5 Å². The average Bonchev–Trinajstić information content (AvgIpc) is 2.90. The molecule has 0 N–H and O–H groups in total. The van der Waals surface area contributed by atoms with E-state index < -0.39 is 11.8 Å². The summed E-state index contributed by atoms with van der Waals surface area (Å²) in [7, 11) is 1.41. The molecule has 0 fully saturated rings. The Morgan fingerprint density at radius 2 is 1.90 bits per heavy atom. The molecular weight excluding hydrogens is 258 g/mol. The van der Waals surface area contributed by atoms with Crippen molar-refractivity contribution in [3.63, 3.8) is 0 Å². The first-order valence-corrected chi connectivity index (χ1v) is 5.99. The van der Waals surface area contributed by atoms with Gasteiger partial charge >= 0.3 is 0 Å². The van der Waals surface area contributed by atoms with E-state index in [1.165, 1.54) is 13.1 Å². The van der Waals surface area contributed by atoms with Gasteiger partial charge in [-0.25, -0.2) is 0 Å². The predicted molar refractivity (Wildman–Crippen MR) is 74.6 cm³/mol. The van der Waals surface area contributed by atoms with Gasteiger partial charge in [0, 0.05) is 12.6 Å². The van der Waals surface area contributed by atoms with Gasteiger partial charge in [0.25, 0.3) is 11.8 Å². The van der Waals surface area contributed by atoms with Crippen molar-refractivity contribution >= 4 is 17.9 Å². The number of imide groups is 1. The highest BCUT2D eigenvalue weighted by molar-refractivity contribution is 6.10. The highest BCUT2D eigenvalue weighted by atomic mass is 16.7. The van der Waals surface area contributed by atoms with Gasteiger partial charge in [-0.2, -0.15) is 0 Å². The van der Waals surface area contributed by atoms with Crippen LogP contribution in [0, 0.1) is 0 Å². The van der Waals surface area contributed by atoms with Crippen LogP contribution in [0.15, 0.2) is 30.9 Å². The number of amides is 2. The Labute approximate surface area is 117 Å². The largest absolute Gasteiger partial charge is 0.454 e. The van der Waals surface area contributed by atoms with Crippen LogP contribution in [0.3, 0.4) is 0 Å². The van der Waals surface area contributed by atoms with Crippen molar-refractivity contribution < 1.29 is 19.1 Å². The molecule has 5 heteroatoms. The second-order valence-electron chi connectivity index (χ2n) is 4.45. The van der Waals surface area contributed by atoms with Gasteiger partial charge in [-0.05, 0) is 24.6 Å². The third-order valence-electron chi connectivity index (χ3n) is 2.97. The molecule has 1 aromatic rings. The number of ether oxygens (including phenoxy) is 2. The van der Waals surface area contributed by atoms with E-state index in [1.54, 1.807) is 19.1 Å². The number of rotatable bonds is 3. The second-order valence-corrected chi connectivity index (χ2v) is 4.45. The standard InChI is InChI=1S/C15H15NO4/c1-5-10-6-12-13(20-8-19-12)7-11(10)15(18)16(4)14(17)9(2)3/h5-7H,1-2,8H2,3-4H3. The normalized spacial score (nSPS) is 11.9. The summed E-state index contributed by atoms with van der Waals surface area (Å²) in [5, 5.41) is 0. The van der Waals surface area contributed by atoms with Gasteiger partial charge in [0.05, 0.1) is 5.56 Å². The molecule has 5 nitrogen and oxygen atoms in total. The third-order valence-corrected chi connectivity index (χ3v) is 2.97. The zero-order valence-corrected chi connectivity index (χ0v) is 11.4. The van der Waals surface area contributed by atoms with Gasteiger partial charge in [-0.1, -0.05) is 19.2 Å². The highest BCUT2D eigenvalue weighted by Crippen LogP contribution is 2.35. The molecule has 2 rings (SSSR count). The fourth-order valence-electron chi connectivity index (χ4n) is 1.87. The number of hydrogen-bond donors (Lipinski definition) is 0. The maximum Gasteiger partial charge on any atom is 0.261 e. The van der Waals surface area contributed by atoms with E-state index >= 15 is 0 Å². The van der Waals surface area contributed by atoms with Crippen LogP contribution in [0.25, 0.3) is 6.08 Å². The van der Waals surface area contributed by atoms with Crippen molar-refractivity contribution in [3.8, 4) is 11.5 Å². The molecule has 0 aliphatic carbocycles. The number of fused-ring (bicyclic) bond motifs is 1. The second kappa shape index (κ2) is 5.21. The van der Waals surface area contributed by atoms with Crippen LogP contribution in [-0.2, 0) is 4.79 Å². The SMILES string of the molecule is C=Cc1cc2c(cc1C(=O)N(C)C(=O)C(=C)C)OCO2. The van der Waals surface area contributed by atoms with Crippen LogP contribution < -0.4 is 9.47 Å². The van der Waals surface area contributed by atoms with Crippen LogP contribution in [0.2, 0.25) is 0 Å². The summed E-state index contributed by atoms with van der Waals surface area (Å²) in [5.74, 6) is 0.175. The van der Waals surface area contributed by atoms with E-state index in [1.807, 2.05) is 0 Å². The summed E-state index contributed by atoms with van der Waals surface area (Å²) < 4.78 is 10.5. The fourth-order valence-corrected chi connectivity index (χ4v) is 1.87. The van der Waals surface area contributed by atoms with Crippen molar-refractivity contribution in [2.45, 2.75) is 6.92 Å². The van der Waals surface area contributed by atoms with E-state index in [4.69, 9.17) is 9.47 Å². The van der Waals surface area contributed by atoms with E-state index in [0.717, 1.165) is 4.90 Å². The van der Waals surface area contributed by atoms with Gasteiger partial charge in [0.1, 0.15) is 0 Å². The Hall–Kier alpha value is -2.56. The number of likely N-dealkylation sites (N-methyl/N-ethyl adjacent to an activating group) is 1. The first kappa shape index (κ1) is 13.9. The third kappa shape index (κ3) is 2.30. The van der Waals surface area contributed by atoms with Crippen molar-refractivity contribution in [3.05, 3.63) is 42.0 Å². The van der Waals surface area contributed by atoms with Crippen molar-refractivity contribution in [1.29, 1.82) is 0 Å². The number of carbonyl (C=O) groups is 2. The van der Waals surface area contributed by atoms with Crippen LogP contribution >= 0.6 is 0 Å². The molecule has 0 spiro atoms. The minimum Gasteiger partial charge on any atom is -0.454 e. The van der Waals surface area contributed by atoms with Crippen molar-refractivity contribution in [2.75, 3.05) is 13.8 Å². The highest BCUT2D eigenvalue weighted by Gasteiger charge is 2.24. The molecule has 1 aromatic carbocycles. The maximum absolute atomic E-state index is 12.4. The Morgan fingerprint density at radius 1 is 1.30 bits per heavy atom. The number of benzene rings is 1. The summed E-state index contributed by atoms with van der Waals surface area (Å²) in [5.41, 5.74) is 1.21. The number of hydrogen-bond acceptors (Lipinski definition) is 4. The summed E-state index contributed by atoms with van der Waals surface area (Å²) in [4.78, 5) is 25.2. The molecule has 2 amide bonds. The van der Waals surface area contributed by atoms with E-state index in [2.05, 4.69) is 13.2 Å². The Balaban J connectivity index is 2.41. The Kier molecular flexibility index (Phi) is 3.61. The smallest absolute Gasteiger partial charge is 0.261 e. The summed E-state index contributed by atoms with van der Waals surface area (Å²) in [6, 6.07) is 3.23. The molecule has 1 heterocycles. The van der Waals surface area contributed by atoms with Crippen LogP contribution in [0.1, 0.15) is 22.8 Å². The van der Waals surface area contributed by atoms with Gasteiger partial charge in [-0.15, -0.1) is 0 Å². The van der Waals surface area contributed by atoms with Crippen molar-refractivity contribution in [1.82, 2.24) is 4.90 Å². The lowest BCUT2D eigenvalue weighted by atomic mass is 10.0. The van der Waals surface area contributed by atoms with Gasteiger partial charge in [0.2, 0.25) is 6.79 Å². The molecule has 0 unspecified atom stereocenters. The lowest BCUT2D eigenvalue weighted by molar-refractivity contribution is -0.123. The fraction of sp³-hybridized carbons (Fsp3) is 0.200. The quantitative estimate of drug-likeness (QED) is 0.792. The summed E-state index contributed by atoms with van der Waals surface area (Å²) in [6.07, 6.45) is 1.54. The van der Waals surface area contributed by atoms with Crippen LogP contribution in [0.5, 0.6) is 11.5 Å². The van der Waals surface area contributed by atoms with E-state index in [0.29, 0.717) is 28.2 Å². The summed E-state index contributed by atoms with van der Waals surface area (Å²) >= 11 is 0. The van der Waals surface area contributed by atoms with Crippen LogP contribution in [-0.4, -0.2) is 30.6 Å². The molecule has 104 valence electrons. The number of carbonyl (C=O) groups excluding carboxylic acids is 2. The Bertz CT molecular complexity index is 619. The maximum atomic E-state index is 12.4. The minimum absolute atomic E-state index is 0.115. The van der Waals surface area contributed by atoms with Crippen LogP contribution in [0.4, 0.5) is 0 Å². The molecule has 0 aromatic heterocycles. The topological polar surface area (TPSA) is 55.8 Å². The molecule has 0 saturated heterocycles. The molecule has 1 aliphatic rings. The predicted octanol–water partition coefficient (Wildman–Crippen LogP) is 2.23. The average molecular weight is 273 g/mol. The first-order valence-electron chi connectivity index (χ1n) is 5.99. The summed E-state index contributed by atoms with van der Waals surface area (Å²) in [6.45, 7) is 8.88. The van der Waals surface area contributed by atoms with Gasteiger partial charge in [0.15, 0.2) is 11.5 Å². The minimum atomic E-state index is -0.439. The van der Waals surface area contributed by atoms with Gasteiger partial charge < -0.3 is 9.47 Å². The zero-order valence-electron chi connectivity index (χ0n) is 11.4.